The van der Waals surface area contributed by atoms with Gasteiger partial charge in [0.25, 0.3) is 0 Å². The van der Waals surface area contributed by atoms with Crippen molar-refractivity contribution in [3.63, 3.8) is 0 Å². The van der Waals surface area contributed by atoms with Gasteiger partial charge in [0.2, 0.25) is 0 Å². The summed E-state index contributed by atoms with van der Waals surface area (Å²) in [5, 5.41) is 4.65. The van der Waals surface area contributed by atoms with Gasteiger partial charge in [-0.3, -0.25) is 0 Å². The molecule has 0 bridgehead atoms. The lowest BCUT2D eigenvalue weighted by atomic mass is 9.89. The number of rotatable bonds is 8. The molecule has 1 fully saturated rings. The number of hydrogen-bond acceptors (Lipinski definition) is 3. The summed E-state index contributed by atoms with van der Waals surface area (Å²) < 4.78 is 11.6. The largest absolute Gasteiger partial charge is 0.382 e. The van der Waals surface area contributed by atoms with E-state index in [4.69, 9.17) is 32.7 Å². The SMILES string of the molecule is CCOCCCO[C@@H](c1cccc(Cl)c1Cl)C1CCCNC1. The van der Waals surface area contributed by atoms with Crippen molar-refractivity contribution in [2.45, 2.75) is 32.3 Å². The van der Waals surface area contributed by atoms with Gasteiger partial charge in [-0.1, -0.05) is 35.3 Å². The fraction of sp³-hybridized carbons (Fsp3) is 0.647. The van der Waals surface area contributed by atoms with Crippen molar-refractivity contribution < 1.29 is 9.47 Å². The minimum atomic E-state index is -0.0133. The molecular formula is C17H25Cl2NO2. The van der Waals surface area contributed by atoms with E-state index in [2.05, 4.69) is 5.32 Å². The molecule has 1 aliphatic heterocycles. The molecule has 1 N–H and O–H groups in total. The Morgan fingerprint density at radius 2 is 2.18 bits per heavy atom. The van der Waals surface area contributed by atoms with Crippen LogP contribution in [0.3, 0.4) is 0 Å². The van der Waals surface area contributed by atoms with Crippen LogP contribution in [0, 0.1) is 5.92 Å². The van der Waals surface area contributed by atoms with Crippen molar-refractivity contribution in [1.29, 1.82) is 0 Å². The highest BCUT2D eigenvalue weighted by Gasteiger charge is 2.27. The highest BCUT2D eigenvalue weighted by Crippen LogP contribution is 2.37. The van der Waals surface area contributed by atoms with Crippen molar-refractivity contribution in [2.75, 3.05) is 32.9 Å². The van der Waals surface area contributed by atoms with Crippen LogP contribution in [0.2, 0.25) is 10.0 Å². The molecule has 1 aromatic rings. The summed E-state index contributed by atoms with van der Waals surface area (Å²) in [6, 6.07) is 5.78. The highest BCUT2D eigenvalue weighted by atomic mass is 35.5. The minimum Gasteiger partial charge on any atom is -0.382 e. The summed E-state index contributed by atoms with van der Waals surface area (Å²) in [5.41, 5.74) is 0.999. The number of benzene rings is 1. The second-order valence-electron chi connectivity index (χ2n) is 5.59. The molecule has 0 radical (unpaired) electrons. The molecule has 2 atom stereocenters. The van der Waals surface area contributed by atoms with Crippen molar-refractivity contribution in [2.24, 2.45) is 5.92 Å². The molecule has 0 spiro atoms. The van der Waals surface area contributed by atoms with Crippen molar-refractivity contribution in [1.82, 2.24) is 5.32 Å². The lowest BCUT2D eigenvalue weighted by Crippen LogP contribution is -2.34. The van der Waals surface area contributed by atoms with Gasteiger partial charge < -0.3 is 14.8 Å². The van der Waals surface area contributed by atoms with Gasteiger partial charge in [0.05, 0.1) is 16.1 Å². The average molecular weight is 346 g/mol. The van der Waals surface area contributed by atoms with Gasteiger partial charge in [0.15, 0.2) is 0 Å². The molecule has 124 valence electrons. The number of piperidine rings is 1. The van der Waals surface area contributed by atoms with Crippen molar-refractivity contribution in [3.8, 4) is 0 Å². The molecule has 0 aromatic heterocycles. The molecule has 5 heteroatoms. The summed E-state index contributed by atoms with van der Waals surface area (Å²) in [6.45, 7) is 6.19. The van der Waals surface area contributed by atoms with Crippen LogP contribution >= 0.6 is 23.2 Å². The third-order valence-electron chi connectivity index (χ3n) is 3.99. The number of hydrogen-bond donors (Lipinski definition) is 1. The van der Waals surface area contributed by atoms with E-state index in [0.29, 0.717) is 22.6 Å². The third-order valence-corrected chi connectivity index (χ3v) is 4.82. The zero-order valence-corrected chi connectivity index (χ0v) is 14.6. The Balaban J connectivity index is 2.05. The summed E-state index contributed by atoms with van der Waals surface area (Å²) in [4.78, 5) is 0. The van der Waals surface area contributed by atoms with Crippen LogP contribution in [0.15, 0.2) is 18.2 Å². The predicted molar refractivity (Wildman–Crippen MR) is 91.9 cm³/mol. The topological polar surface area (TPSA) is 30.5 Å². The summed E-state index contributed by atoms with van der Waals surface area (Å²) in [5.74, 6) is 0.428. The van der Waals surface area contributed by atoms with Crippen molar-refractivity contribution >= 4 is 23.2 Å². The van der Waals surface area contributed by atoms with E-state index in [1.54, 1.807) is 0 Å². The maximum atomic E-state index is 6.41. The molecule has 22 heavy (non-hydrogen) atoms. The molecular weight excluding hydrogens is 321 g/mol. The van der Waals surface area contributed by atoms with Gasteiger partial charge in [-0.2, -0.15) is 0 Å². The standard InChI is InChI=1S/C17H25Cl2NO2/c1-2-21-10-5-11-22-17(13-6-4-9-20-12-13)14-7-3-8-15(18)16(14)19/h3,7-8,13,17,20H,2,4-6,9-12H2,1H3/t13?,17-/m1/s1. The van der Waals surface area contributed by atoms with Gasteiger partial charge in [0, 0.05) is 37.8 Å². The Morgan fingerprint density at radius 3 is 2.91 bits per heavy atom. The Kier molecular flexibility index (Phi) is 7.98. The first-order valence-electron chi connectivity index (χ1n) is 8.08. The average Bonchev–Trinajstić information content (AvgIpc) is 2.55. The molecule has 0 amide bonds. The monoisotopic (exact) mass is 345 g/mol. The molecule has 1 aromatic carbocycles. The van der Waals surface area contributed by atoms with Gasteiger partial charge in [-0.05, 0) is 38.8 Å². The fourth-order valence-electron chi connectivity index (χ4n) is 2.87. The smallest absolute Gasteiger partial charge is 0.0880 e. The molecule has 1 aliphatic rings. The summed E-state index contributed by atoms with van der Waals surface area (Å²) >= 11 is 12.6. The number of nitrogens with one attached hydrogen (secondary N) is 1. The van der Waals surface area contributed by atoms with Crippen LogP contribution in [0.25, 0.3) is 0 Å². The Bertz CT molecular complexity index is 450. The van der Waals surface area contributed by atoms with E-state index in [-0.39, 0.29) is 6.10 Å². The van der Waals surface area contributed by atoms with Crippen molar-refractivity contribution in [3.05, 3.63) is 33.8 Å². The Labute approximate surface area is 143 Å². The van der Waals surface area contributed by atoms with Crippen LogP contribution in [0.1, 0.15) is 37.9 Å². The van der Waals surface area contributed by atoms with E-state index >= 15 is 0 Å². The van der Waals surface area contributed by atoms with E-state index < -0.39 is 0 Å². The quantitative estimate of drug-likeness (QED) is 0.704. The second kappa shape index (κ2) is 9.74. The first-order chi connectivity index (χ1) is 10.7. The van der Waals surface area contributed by atoms with Gasteiger partial charge in [-0.15, -0.1) is 0 Å². The molecule has 0 saturated carbocycles. The molecule has 3 nitrogen and oxygen atoms in total. The predicted octanol–water partition coefficient (Wildman–Crippen LogP) is 4.48. The summed E-state index contributed by atoms with van der Waals surface area (Å²) in [6.07, 6.45) is 3.19. The van der Waals surface area contributed by atoms with Gasteiger partial charge in [0.1, 0.15) is 0 Å². The van der Waals surface area contributed by atoms with Crippen LogP contribution < -0.4 is 5.32 Å². The van der Waals surface area contributed by atoms with Crippen LogP contribution in [-0.4, -0.2) is 32.9 Å². The Hall–Kier alpha value is -0.320. The Morgan fingerprint density at radius 1 is 1.32 bits per heavy atom. The van der Waals surface area contributed by atoms with E-state index in [0.717, 1.165) is 44.7 Å². The molecule has 0 aliphatic carbocycles. The zero-order valence-electron chi connectivity index (χ0n) is 13.1. The lowest BCUT2D eigenvalue weighted by Gasteiger charge is -2.31. The number of halogens is 2. The third kappa shape index (κ3) is 5.10. The minimum absolute atomic E-state index is 0.0133. The van der Waals surface area contributed by atoms with Crippen LogP contribution in [0.4, 0.5) is 0 Å². The molecule has 1 unspecified atom stereocenters. The summed E-state index contributed by atoms with van der Waals surface area (Å²) in [7, 11) is 0. The highest BCUT2D eigenvalue weighted by molar-refractivity contribution is 6.42. The lowest BCUT2D eigenvalue weighted by molar-refractivity contribution is -0.00713. The van der Waals surface area contributed by atoms with Gasteiger partial charge in [-0.25, -0.2) is 0 Å². The fourth-order valence-corrected chi connectivity index (χ4v) is 3.29. The molecule has 1 saturated heterocycles. The maximum Gasteiger partial charge on any atom is 0.0880 e. The first kappa shape index (κ1) is 18.0. The molecule has 1 heterocycles. The number of ether oxygens (including phenoxy) is 2. The maximum absolute atomic E-state index is 6.41. The zero-order chi connectivity index (χ0) is 15.8. The van der Waals surface area contributed by atoms with E-state index in [1.165, 1.54) is 6.42 Å². The van der Waals surface area contributed by atoms with E-state index in [1.807, 2.05) is 25.1 Å². The second-order valence-corrected chi connectivity index (χ2v) is 6.38. The van der Waals surface area contributed by atoms with Gasteiger partial charge >= 0.3 is 0 Å². The van der Waals surface area contributed by atoms with Crippen LogP contribution in [-0.2, 0) is 9.47 Å². The molecule has 2 rings (SSSR count). The van der Waals surface area contributed by atoms with E-state index in [9.17, 15) is 0 Å². The normalized spacial score (nSPS) is 20.0. The first-order valence-corrected chi connectivity index (χ1v) is 8.83. The van der Waals surface area contributed by atoms with Crippen LogP contribution in [0.5, 0.6) is 0 Å².